The predicted molar refractivity (Wildman–Crippen MR) is 66.5 cm³/mol. The molecule has 0 bridgehead atoms. The van der Waals surface area contributed by atoms with E-state index in [2.05, 4.69) is 38.1 Å². The van der Waals surface area contributed by atoms with Crippen molar-refractivity contribution in [3.05, 3.63) is 35.4 Å². The Bertz CT molecular complexity index is 375. The number of carbonyl (C=O) groups excluding carboxylic acids is 1. The number of hydrogen-bond donors (Lipinski definition) is 0. The van der Waals surface area contributed by atoms with Gasteiger partial charge in [0.1, 0.15) is 5.78 Å². The Morgan fingerprint density at radius 3 is 2.31 bits per heavy atom. The molecule has 0 aliphatic heterocycles. The highest BCUT2D eigenvalue weighted by atomic mass is 16.1. The molecule has 1 fully saturated rings. The van der Waals surface area contributed by atoms with Crippen molar-refractivity contribution in [2.24, 2.45) is 11.8 Å². The lowest BCUT2D eigenvalue weighted by Gasteiger charge is -2.32. The molecule has 2 rings (SSSR count). The fraction of sp³-hybridized carbons (Fsp3) is 0.533. The highest BCUT2D eigenvalue weighted by molar-refractivity contribution is 5.88. The third-order valence-corrected chi connectivity index (χ3v) is 3.58. The molecule has 0 aromatic heterocycles. The molecule has 0 saturated heterocycles. The highest BCUT2D eigenvalue weighted by Gasteiger charge is 2.36. The molecule has 0 heterocycles. The molecule has 1 aliphatic carbocycles. The van der Waals surface area contributed by atoms with E-state index in [1.54, 1.807) is 0 Å². The van der Waals surface area contributed by atoms with Crippen LogP contribution in [0.4, 0.5) is 0 Å². The zero-order valence-corrected chi connectivity index (χ0v) is 10.4. The molecule has 1 saturated carbocycles. The average Bonchev–Trinajstić information content (AvgIpc) is 2.26. The SMILES string of the molecule is CC(C)Cc1ccc(C2CC(=O)C2C)cc1. The van der Waals surface area contributed by atoms with E-state index in [1.165, 1.54) is 11.1 Å². The molecule has 2 unspecified atom stereocenters. The molecule has 2 atom stereocenters. The maximum atomic E-state index is 11.2. The summed E-state index contributed by atoms with van der Waals surface area (Å²) in [6.07, 6.45) is 1.88. The average molecular weight is 216 g/mol. The van der Waals surface area contributed by atoms with Crippen LogP contribution in [0.1, 0.15) is 44.2 Å². The maximum absolute atomic E-state index is 11.2. The van der Waals surface area contributed by atoms with E-state index < -0.39 is 0 Å². The Morgan fingerprint density at radius 2 is 1.88 bits per heavy atom. The summed E-state index contributed by atoms with van der Waals surface area (Å²) in [5, 5.41) is 0. The Morgan fingerprint density at radius 1 is 1.25 bits per heavy atom. The molecule has 1 aliphatic rings. The van der Waals surface area contributed by atoms with Gasteiger partial charge in [0.05, 0.1) is 0 Å². The lowest BCUT2D eigenvalue weighted by Crippen LogP contribution is -2.32. The number of rotatable bonds is 3. The topological polar surface area (TPSA) is 17.1 Å². The van der Waals surface area contributed by atoms with E-state index in [0.717, 1.165) is 12.8 Å². The molecule has 0 spiro atoms. The summed E-state index contributed by atoms with van der Waals surface area (Å²) in [4.78, 5) is 11.2. The first-order valence-electron chi connectivity index (χ1n) is 6.19. The van der Waals surface area contributed by atoms with Crippen LogP contribution in [0.15, 0.2) is 24.3 Å². The van der Waals surface area contributed by atoms with Crippen LogP contribution in [-0.2, 0) is 11.2 Å². The normalized spacial score (nSPS) is 24.6. The van der Waals surface area contributed by atoms with Crippen molar-refractivity contribution in [2.75, 3.05) is 0 Å². The second kappa shape index (κ2) is 4.40. The summed E-state index contributed by atoms with van der Waals surface area (Å²) < 4.78 is 0. The minimum Gasteiger partial charge on any atom is -0.299 e. The van der Waals surface area contributed by atoms with Crippen molar-refractivity contribution in [1.29, 1.82) is 0 Å². The first-order chi connectivity index (χ1) is 7.58. The third-order valence-electron chi connectivity index (χ3n) is 3.58. The van der Waals surface area contributed by atoms with Crippen LogP contribution >= 0.6 is 0 Å². The van der Waals surface area contributed by atoms with E-state index >= 15 is 0 Å². The van der Waals surface area contributed by atoms with Gasteiger partial charge in [0.2, 0.25) is 0 Å². The van der Waals surface area contributed by atoms with Gasteiger partial charge >= 0.3 is 0 Å². The summed E-state index contributed by atoms with van der Waals surface area (Å²) >= 11 is 0. The van der Waals surface area contributed by atoms with Gasteiger partial charge in [0.15, 0.2) is 0 Å². The van der Waals surface area contributed by atoms with Crippen LogP contribution in [-0.4, -0.2) is 5.78 Å². The number of benzene rings is 1. The van der Waals surface area contributed by atoms with Gasteiger partial charge in [-0.25, -0.2) is 0 Å². The Balaban J connectivity index is 2.05. The van der Waals surface area contributed by atoms with E-state index in [-0.39, 0.29) is 5.92 Å². The standard InChI is InChI=1S/C15H20O/c1-10(2)8-12-4-6-13(7-5-12)14-9-15(16)11(14)3/h4-7,10-11,14H,8-9H2,1-3H3. The van der Waals surface area contributed by atoms with Crippen LogP contribution in [0.25, 0.3) is 0 Å². The molecule has 0 radical (unpaired) electrons. The van der Waals surface area contributed by atoms with Gasteiger partial charge in [-0.3, -0.25) is 4.79 Å². The molecule has 0 amide bonds. The molecule has 16 heavy (non-hydrogen) atoms. The van der Waals surface area contributed by atoms with Crippen molar-refractivity contribution < 1.29 is 4.79 Å². The van der Waals surface area contributed by atoms with Crippen LogP contribution < -0.4 is 0 Å². The Labute approximate surface area is 97.9 Å². The van der Waals surface area contributed by atoms with Crippen LogP contribution in [0.5, 0.6) is 0 Å². The van der Waals surface area contributed by atoms with Crippen molar-refractivity contribution in [3.8, 4) is 0 Å². The monoisotopic (exact) mass is 216 g/mol. The summed E-state index contributed by atoms with van der Waals surface area (Å²) in [5.41, 5.74) is 2.73. The van der Waals surface area contributed by atoms with E-state index in [9.17, 15) is 4.79 Å². The molecule has 1 aromatic carbocycles. The lowest BCUT2D eigenvalue weighted by molar-refractivity contribution is -0.130. The van der Waals surface area contributed by atoms with Gasteiger partial charge < -0.3 is 0 Å². The molecule has 1 aromatic rings. The molecular weight excluding hydrogens is 196 g/mol. The summed E-state index contributed by atoms with van der Waals surface area (Å²) in [6, 6.07) is 8.83. The van der Waals surface area contributed by atoms with Gasteiger partial charge in [-0.1, -0.05) is 45.0 Å². The van der Waals surface area contributed by atoms with Gasteiger partial charge in [-0.05, 0) is 23.5 Å². The van der Waals surface area contributed by atoms with Gasteiger partial charge in [-0.15, -0.1) is 0 Å². The first kappa shape index (κ1) is 11.4. The summed E-state index contributed by atoms with van der Waals surface area (Å²) in [7, 11) is 0. The first-order valence-corrected chi connectivity index (χ1v) is 6.19. The molecule has 86 valence electrons. The minimum atomic E-state index is 0.232. The van der Waals surface area contributed by atoms with Crippen LogP contribution in [0.2, 0.25) is 0 Å². The zero-order valence-electron chi connectivity index (χ0n) is 10.4. The Kier molecular flexibility index (Phi) is 3.13. The third kappa shape index (κ3) is 2.18. The largest absolute Gasteiger partial charge is 0.299 e. The van der Waals surface area contributed by atoms with E-state index in [4.69, 9.17) is 0 Å². The van der Waals surface area contributed by atoms with Crippen molar-refractivity contribution in [3.63, 3.8) is 0 Å². The van der Waals surface area contributed by atoms with E-state index in [0.29, 0.717) is 17.6 Å². The fourth-order valence-electron chi connectivity index (χ4n) is 2.42. The van der Waals surface area contributed by atoms with Crippen molar-refractivity contribution in [1.82, 2.24) is 0 Å². The molecule has 0 N–H and O–H groups in total. The van der Waals surface area contributed by atoms with Gasteiger partial charge in [0.25, 0.3) is 0 Å². The van der Waals surface area contributed by atoms with Gasteiger partial charge in [-0.2, -0.15) is 0 Å². The molecule has 1 nitrogen and oxygen atoms in total. The zero-order chi connectivity index (χ0) is 11.7. The van der Waals surface area contributed by atoms with Crippen LogP contribution in [0.3, 0.4) is 0 Å². The quantitative estimate of drug-likeness (QED) is 0.754. The highest BCUT2D eigenvalue weighted by Crippen LogP contribution is 2.39. The maximum Gasteiger partial charge on any atom is 0.136 e. The van der Waals surface area contributed by atoms with Gasteiger partial charge in [0, 0.05) is 18.3 Å². The second-order valence-corrected chi connectivity index (χ2v) is 5.41. The number of Topliss-reactive ketones (excluding diaryl/α,β-unsaturated/α-hetero) is 1. The summed E-state index contributed by atoms with van der Waals surface area (Å²) in [5.74, 6) is 1.82. The van der Waals surface area contributed by atoms with E-state index in [1.807, 2.05) is 6.92 Å². The number of hydrogen-bond acceptors (Lipinski definition) is 1. The molecular formula is C15H20O. The van der Waals surface area contributed by atoms with Crippen molar-refractivity contribution in [2.45, 2.75) is 39.5 Å². The smallest absolute Gasteiger partial charge is 0.136 e. The van der Waals surface area contributed by atoms with Crippen molar-refractivity contribution >= 4 is 5.78 Å². The second-order valence-electron chi connectivity index (χ2n) is 5.41. The summed E-state index contributed by atoms with van der Waals surface area (Å²) in [6.45, 7) is 6.51. The molecule has 1 heteroatoms. The van der Waals surface area contributed by atoms with Crippen LogP contribution in [0, 0.1) is 11.8 Å². The Hall–Kier alpha value is -1.11. The predicted octanol–water partition coefficient (Wildman–Crippen LogP) is 3.58. The number of ketones is 1. The number of carbonyl (C=O) groups is 1. The lowest BCUT2D eigenvalue weighted by atomic mass is 9.70. The fourth-order valence-corrected chi connectivity index (χ4v) is 2.42. The minimum absolute atomic E-state index is 0.232.